The number of hydrogen-bond acceptors (Lipinski definition) is 7. The normalized spacial score (nSPS) is 26.3. The van der Waals surface area contributed by atoms with Gasteiger partial charge in [-0.1, -0.05) is 11.6 Å². The summed E-state index contributed by atoms with van der Waals surface area (Å²) in [6, 6.07) is 1.17. The van der Waals surface area contributed by atoms with Crippen LogP contribution in [0.3, 0.4) is 0 Å². The van der Waals surface area contributed by atoms with Gasteiger partial charge in [0.15, 0.2) is 0 Å². The van der Waals surface area contributed by atoms with E-state index in [-0.39, 0.29) is 16.6 Å². The Balaban J connectivity index is 1.65. The number of hydrogen-bond donors (Lipinski definition) is 2. The van der Waals surface area contributed by atoms with E-state index in [0.29, 0.717) is 55.8 Å². The Morgan fingerprint density at radius 2 is 2.00 bits per heavy atom. The third kappa shape index (κ3) is 4.05. The van der Waals surface area contributed by atoms with Crippen molar-refractivity contribution < 1.29 is 13.5 Å². The van der Waals surface area contributed by atoms with Crippen molar-refractivity contribution in [2.75, 3.05) is 24.7 Å². The second-order valence-corrected chi connectivity index (χ2v) is 10.9. The molecule has 0 radical (unpaired) electrons. The lowest BCUT2D eigenvalue weighted by Crippen LogP contribution is -2.42. The quantitative estimate of drug-likeness (QED) is 0.721. The number of nitrogens with one attached hydrogen (secondary N) is 1. The summed E-state index contributed by atoms with van der Waals surface area (Å²) in [4.78, 5) is 21.8. The average Bonchev–Trinajstić information content (AvgIpc) is 3.02. The number of pyridine rings is 1. The molecule has 3 heterocycles. The minimum atomic E-state index is -3.19. The SMILES string of the molecule is C[C@@]1(O)CCC[C@H]1n1c(=O)c(Cl)cc2cnc(NC3CCN(S(C)(=O)=O)CC3)nc21. The van der Waals surface area contributed by atoms with E-state index in [4.69, 9.17) is 11.6 Å². The Morgan fingerprint density at radius 1 is 1.30 bits per heavy atom. The number of anilines is 1. The molecule has 164 valence electrons. The van der Waals surface area contributed by atoms with Crippen LogP contribution in [0.1, 0.15) is 45.1 Å². The maximum Gasteiger partial charge on any atom is 0.271 e. The summed E-state index contributed by atoms with van der Waals surface area (Å²) in [5.74, 6) is 0.369. The van der Waals surface area contributed by atoms with Crippen LogP contribution in [0.25, 0.3) is 11.0 Å². The fourth-order valence-corrected chi connectivity index (χ4v) is 5.58. The lowest BCUT2D eigenvalue weighted by molar-refractivity contribution is 0.0267. The van der Waals surface area contributed by atoms with Crippen molar-refractivity contribution in [2.24, 2.45) is 0 Å². The number of nitrogens with zero attached hydrogens (tertiary/aromatic N) is 4. The molecule has 2 atom stereocenters. The van der Waals surface area contributed by atoms with E-state index in [2.05, 4.69) is 15.3 Å². The first-order valence-corrected chi connectivity index (χ1v) is 12.3. The molecule has 0 bridgehead atoms. The fraction of sp³-hybridized carbons (Fsp3) is 0.632. The van der Waals surface area contributed by atoms with Crippen molar-refractivity contribution in [1.82, 2.24) is 18.8 Å². The van der Waals surface area contributed by atoms with E-state index < -0.39 is 21.7 Å². The Morgan fingerprint density at radius 3 is 2.60 bits per heavy atom. The van der Waals surface area contributed by atoms with E-state index in [1.54, 1.807) is 19.2 Å². The van der Waals surface area contributed by atoms with Gasteiger partial charge in [-0.3, -0.25) is 9.36 Å². The molecule has 11 heteroatoms. The summed E-state index contributed by atoms with van der Waals surface area (Å²) in [6.45, 7) is 2.62. The van der Waals surface area contributed by atoms with E-state index in [0.717, 1.165) is 6.42 Å². The summed E-state index contributed by atoms with van der Waals surface area (Å²) in [5, 5.41) is 14.7. The van der Waals surface area contributed by atoms with Crippen LogP contribution in [0.2, 0.25) is 5.02 Å². The molecule has 0 aromatic carbocycles. The molecule has 2 aliphatic rings. The molecular weight excluding hydrogens is 430 g/mol. The summed E-state index contributed by atoms with van der Waals surface area (Å²) < 4.78 is 26.4. The first-order chi connectivity index (χ1) is 14.1. The Hall–Kier alpha value is -1.75. The molecule has 2 aromatic rings. The number of aliphatic hydroxyl groups is 1. The van der Waals surface area contributed by atoms with Crippen molar-refractivity contribution in [3.63, 3.8) is 0 Å². The molecule has 0 spiro atoms. The van der Waals surface area contributed by atoms with Crippen LogP contribution in [0, 0.1) is 0 Å². The molecule has 0 amide bonds. The van der Waals surface area contributed by atoms with Gasteiger partial charge in [-0.25, -0.2) is 17.7 Å². The highest BCUT2D eigenvalue weighted by atomic mass is 35.5. The topological polar surface area (TPSA) is 117 Å². The van der Waals surface area contributed by atoms with Gasteiger partial charge in [-0.2, -0.15) is 4.98 Å². The molecule has 1 aliphatic carbocycles. The van der Waals surface area contributed by atoms with Crippen molar-refractivity contribution >= 4 is 38.6 Å². The fourth-order valence-electron chi connectivity index (χ4n) is 4.50. The summed E-state index contributed by atoms with van der Waals surface area (Å²) in [7, 11) is -3.19. The van der Waals surface area contributed by atoms with E-state index in [9.17, 15) is 18.3 Å². The van der Waals surface area contributed by atoms with E-state index >= 15 is 0 Å². The van der Waals surface area contributed by atoms with Gasteiger partial charge >= 0.3 is 0 Å². The van der Waals surface area contributed by atoms with Crippen molar-refractivity contribution in [1.29, 1.82) is 0 Å². The molecule has 4 rings (SSSR count). The molecule has 1 aliphatic heterocycles. The monoisotopic (exact) mass is 455 g/mol. The lowest BCUT2D eigenvalue weighted by Gasteiger charge is -2.31. The van der Waals surface area contributed by atoms with Crippen LogP contribution < -0.4 is 10.9 Å². The maximum absolute atomic E-state index is 12.9. The smallest absolute Gasteiger partial charge is 0.271 e. The van der Waals surface area contributed by atoms with Gasteiger partial charge in [-0.15, -0.1) is 0 Å². The zero-order valence-electron chi connectivity index (χ0n) is 17.0. The number of piperidine rings is 1. The first-order valence-electron chi connectivity index (χ1n) is 10.1. The van der Waals surface area contributed by atoms with Crippen LogP contribution in [0.5, 0.6) is 0 Å². The molecule has 2 aromatic heterocycles. The predicted octanol–water partition coefficient (Wildman–Crippen LogP) is 1.76. The van der Waals surface area contributed by atoms with Crippen LogP contribution in [0.15, 0.2) is 17.1 Å². The third-order valence-electron chi connectivity index (χ3n) is 6.18. The zero-order chi connectivity index (χ0) is 21.7. The van der Waals surface area contributed by atoms with Gasteiger partial charge in [0.25, 0.3) is 5.56 Å². The third-order valence-corrected chi connectivity index (χ3v) is 7.75. The Labute approximate surface area is 180 Å². The minimum Gasteiger partial charge on any atom is -0.388 e. The molecule has 1 saturated heterocycles. The number of halogens is 1. The summed E-state index contributed by atoms with van der Waals surface area (Å²) in [5.41, 5.74) is -0.955. The first kappa shape index (κ1) is 21.5. The Kier molecular flexibility index (Phi) is 5.54. The largest absolute Gasteiger partial charge is 0.388 e. The van der Waals surface area contributed by atoms with Gasteiger partial charge < -0.3 is 10.4 Å². The van der Waals surface area contributed by atoms with Crippen LogP contribution in [-0.4, -0.2) is 63.4 Å². The van der Waals surface area contributed by atoms with Crippen LogP contribution in [-0.2, 0) is 10.0 Å². The van der Waals surface area contributed by atoms with E-state index in [1.165, 1.54) is 15.1 Å². The highest BCUT2D eigenvalue weighted by Crippen LogP contribution is 2.39. The summed E-state index contributed by atoms with van der Waals surface area (Å²) >= 11 is 6.17. The molecule has 2 fully saturated rings. The molecule has 1 saturated carbocycles. The van der Waals surface area contributed by atoms with Gasteiger partial charge in [0.2, 0.25) is 16.0 Å². The predicted molar refractivity (Wildman–Crippen MR) is 115 cm³/mol. The number of aromatic nitrogens is 3. The van der Waals surface area contributed by atoms with Gasteiger partial charge in [0.05, 0.1) is 17.9 Å². The van der Waals surface area contributed by atoms with Gasteiger partial charge in [0.1, 0.15) is 10.7 Å². The Bertz CT molecular complexity index is 1130. The highest BCUT2D eigenvalue weighted by molar-refractivity contribution is 7.88. The van der Waals surface area contributed by atoms with Crippen LogP contribution >= 0.6 is 11.6 Å². The zero-order valence-corrected chi connectivity index (χ0v) is 18.6. The van der Waals surface area contributed by atoms with Crippen molar-refractivity contribution in [3.8, 4) is 0 Å². The second-order valence-electron chi connectivity index (χ2n) is 8.49. The number of rotatable bonds is 4. The second kappa shape index (κ2) is 7.74. The summed E-state index contributed by atoms with van der Waals surface area (Å²) in [6.07, 6.45) is 6.19. The van der Waals surface area contributed by atoms with E-state index in [1.807, 2.05) is 0 Å². The molecule has 30 heavy (non-hydrogen) atoms. The minimum absolute atomic E-state index is 0.0301. The molecule has 2 N–H and O–H groups in total. The van der Waals surface area contributed by atoms with Gasteiger partial charge in [0, 0.05) is 30.7 Å². The van der Waals surface area contributed by atoms with Crippen molar-refractivity contribution in [3.05, 3.63) is 27.6 Å². The number of fused-ring (bicyclic) bond motifs is 1. The van der Waals surface area contributed by atoms with Gasteiger partial charge in [-0.05, 0) is 45.1 Å². The maximum atomic E-state index is 12.9. The van der Waals surface area contributed by atoms with Crippen LogP contribution in [0.4, 0.5) is 5.95 Å². The average molecular weight is 456 g/mol. The highest BCUT2D eigenvalue weighted by Gasteiger charge is 2.39. The lowest BCUT2D eigenvalue weighted by atomic mass is 10.00. The molecule has 9 nitrogen and oxygen atoms in total. The standard InChI is InChI=1S/C19H26ClN5O4S/c1-19(27)7-3-4-15(19)25-16-12(10-14(20)17(25)26)11-21-18(23-16)22-13-5-8-24(9-6-13)30(2,28)29/h10-11,13,15,27H,3-9H2,1-2H3,(H,21,22,23)/t15-,19-/m1/s1. The number of sulfonamides is 1. The molecule has 0 unspecified atom stereocenters. The van der Waals surface area contributed by atoms with Crippen molar-refractivity contribution in [2.45, 2.75) is 56.7 Å². The molecular formula is C19H26ClN5O4S.